The van der Waals surface area contributed by atoms with Crippen LogP contribution in [0.4, 0.5) is 0 Å². The highest BCUT2D eigenvalue weighted by Gasteiger charge is 2.51. The zero-order valence-electron chi connectivity index (χ0n) is 13.1. The lowest BCUT2D eigenvalue weighted by molar-refractivity contribution is -0.0623. The fourth-order valence-electron chi connectivity index (χ4n) is 6.21. The maximum atomic E-state index is 5.95. The lowest BCUT2D eigenvalue weighted by atomic mass is 9.48. The van der Waals surface area contributed by atoms with Gasteiger partial charge in [-0.05, 0) is 86.2 Å². The monoisotopic (exact) mass is 284 g/mol. The highest BCUT2D eigenvalue weighted by Crippen LogP contribution is 2.62. The van der Waals surface area contributed by atoms with Gasteiger partial charge in [-0.25, -0.2) is 0 Å². The molecule has 1 aromatic rings. The van der Waals surface area contributed by atoms with Crippen LogP contribution in [0.5, 0.6) is 0 Å². The van der Waals surface area contributed by atoms with Gasteiger partial charge in [0, 0.05) is 6.04 Å². The van der Waals surface area contributed by atoms with E-state index >= 15 is 0 Å². The van der Waals surface area contributed by atoms with Crippen molar-refractivity contribution >= 4 is 0 Å². The number of hydrogen-bond donors (Lipinski definition) is 2. The van der Waals surface area contributed by atoms with Crippen LogP contribution in [0, 0.1) is 30.1 Å². The molecule has 0 heterocycles. The van der Waals surface area contributed by atoms with Crippen LogP contribution < -0.4 is 11.3 Å². The summed E-state index contributed by atoms with van der Waals surface area (Å²) in [4.78, 5) is 0. The normalized spacial score (nSPS) is 38.7. The van der Waals surface area contributed by atoms with Gasteiger partial charge in [-0.2, -0.15) is 0 Å². The third-order valence-electron chi connectivity index (χ3n) is 6.57. The first-order valence-corrected chi connectivity index (χ1v) is 8.69. The molecule has 114 valence electrons. The van der Waals surface area contributed by atoms with E-state index in [1.54, 1.807) is 0 Å². The van der Waals surface area contributed by atoms with Crippen molar-refractivity contribution in [3.8, 4) is 0 Å². The van der Waals surface area contributed by atoms with E-state index < -0.39 is 0 Å². The zero-order chi connectivity index (χ0) is 14.4. The minimum atomic E-state index is 0.322. The summed E-state index contributed by atoms with van der Waals surface area (Å²) < 4.78 is 0. The Bertz CT molecular complexity index is 487. The van der Waals surface area contributed by atoms with E-state index in [0.29, 0.717) is 11.5 Å². The quantitative estimate of drug-likeness (QED) is 0.645. The Morgan fingerprint density at radius 3 is 2.19 bits per heavy atom. The second-order valence-electron chi connectivity index (χ2n) is 8.20. The molecule has 2 heteroatoms. The molecule has 0 radical (unpaired) electrons. The Morgan fingerprint density at radius 1 is 1.10 bits per heavy atom. The van der Waals surface area contributed by atoms with Gasteiger partial charge in [0.15, 0.2) is 0 Å². The van der Waals surface area contributed by atoms with Crippen molar-refractivity contribution in [1.29, 1.82) is 0 Å². The number of hydrazine groups is 1. The number of nitrogens with one attached hydrogen (secondary N) is 1. The summed E-state index contributed by atoms with van der Waals surface area (Å²) in [6, 6.07) is 9.05. The SMILES string of the molecule is Cc1ccccc1C(CC12CC3CC(CC(C3)C1)C2)NN. The molecule has 4 saturated carbocycles. The average Bonchev–Trinajstić information content (AvgIpc) is 2.44. The fourth-order valence-corrected chi connectivity index (χ4v) is 6.21. The van der Waals surface area contributed by atoms with E-state index in [2.05, 4.69) is 36.6 Å². The molecule has 1 unspecified atom stereocenters. The molecule has 4 aliphatic rings. The largest absolute Gasteiger partial charge is 0.271 e. The maximum absolute atomic E-state index is 5.95. The number of nitrogens with two attached hydrogens (primary N) is 1. The molecule has 5 rings (SSSR count). The van der Waals surface area contributed by atoms with Gasteiger partial charge >= 0.3 is 0 Å². The third-order valence-corrected chi connectivity index (χ3v) is 6.57. The highest BCUT2D eigenvalue weighted by atomic mass is 15.2. The van der Waals surface area contributed by atoms with Crippen molar-refractivity contribution in [2.75, 3.05) is 0 Å². The van der Waals surface area contributed by atoms with Crippen molar-refractivity contribution in [3.05, 3.63) is 35.4 Å². The average molecular weight is 284 g/mol. The summed E-state index contributed by atoms with van der Waals surface area (Å²) in [5.41, 5.74) is 6.48. The van der Waals surface area contributed by atoms with Crippen molar-refractivity contribution < 1.29 is 0 Å². The van der Waals surface area contributed by atoms with E-state index in [9.17, 15) is 0 Å². The van der Waals surface area contributed by atoms with Crippen LogP contribution in [0.15, 0.2) is 24.3 Å². The van der Waals surface area contributed by atoms with Crippen LogP contribution in [0.3, 0.4) is 0 Å². The minimum absolute atomic E-state index is 0.322. The van der Waals surface area contributed by atoms with Crippen LogP contribution in [0.1, 0.15) is 62.1 Å². The Morgan fingerprint density at radius 2 is 1.67 bits per heavy atom. The summed E-state index contributed by atoms with van der Waals surface area (Å²) in [5.74, 6) is 9.01. The van der Waals surface area contributed by atoms with Crippen LogP contribution in [-0.2, 0) is 0 Å². The van der Waals surface area contributed by atoms with Gasteiger partial charge in [0.05, 0.1) is 0 Å². The predicted octanol–water partition coefficient (Wildman–Crippen LogP) is 4.11. The maximum Gasteiger partial charge on any atom is 0.0467 e. The zero-order valence-corrected chi connectivity index (χ0v) is 13.1. The van der Waals surface area contributed by atoms with Gasteiger partial charge in [-0.15, -0.1) is 0 Å². The minimum Gasteiger partial charge on any atom is -0.271 e. The Labute approximate surface area is 128 Å². The van der Waals surface area contributed by atoms with Crippen molar-refractivity contribution in [1.82, 2.24) is 5.43 Å². The Balaban J connectivity index is 1.58. The van der Waals surface area contributed by atoms with E-state index in [0.717, 1.165) is 17.8 Å². The summed E-state index contributed by atoms with van der Waals surface area (Å²) in [5, 5.41) is 0. The second kappa shape index (κ2) is 5.10. The van der Waals surface area contributed by atoms with E-state index in [-0.39, 0.29) is 0 Å². The topological polar surface area (TPSA) is 38.0 Å². The van der Waals surface area contributed by atoms with Crippen molar-refractivity contribution in [3.63, 3.8) is 0 Å². The van der Waals surface area contributed by atoms with Gasteiger partial charge in [0.1, 0.15) is 0 Å². The lowest BCUT2D eigenvalue weighted by Crippen LogP contribution is -2.48. The molecule has 0 spiro atoms. The molecule has 0 aliphatic heterocycles. The second-order valence-corrected chi connectivity index (χ2v) is 8.20. The molecule has 1 aromatic carbocycles. The molecule has 0 aromatic heterocycles. The fraction of sp³-hybridized carbons (Fsp3) is 0.684. The molecule has 0 saturated heterocycles. The number of rotatable bonds is 4. The van der Waals surface area contributed by atoms with E-state index in [1.807, 2.05) is 0 Å². The van der Waals surface area contributed by atoms with Crippen LogP contribution >= 0.6 is 0 Å². The molecule has 21 heavy (non-hydrogen) atoms. The first-order chi connectivity index (χ1) is 10.2. The first-order valence-electron chi connectivity index (χ1n) is 8.69. The number of hydrogen-bond acceptors (Lipinski definition) is 2. The van der Waals surface area contributed by atoms with Gasteiger partial charge in [0.2, 0.25) is 0 Å². The molecule has 4 aliphatic carbocycles. The van der Waals surface area contributed by atoms with Gasteiger partial charge in [-0.3, -0.25) is 11.3 Å². The summed E-state index contributed by atoms with van der Waals surface area (Å²) in [7, 11) is 0. The summed E-state index contributed by atoms with van der Waals surface area (Å²) in [6.07, 6.45) is 10.2. The molecule has 4 fully saturated rings. The summed E-state index contributed by atoms with van der Waals surface area (Å²) >= 11 is 0. The summed E-state index contributed by atoms with van der Waals surface area (Å²) in [6.45, 7) is 2.21. The lowest BCUT2D eigenvalue weighted by Gasteiger charge is -2.57. The van der Waals surface area contributed by atoms with Crippen molar-refractivity contribution in [2.45, 2.75) is 57.9 Å². The molecule has 4 bridgehead atoms. The molecule has 2 nitrogen and oxygen atoms in total. The van der Waals surface area contributed by atoms with Gasteiger partial charge < -0.3 is 0 Å². The Kier molecular flexibility index (Phi) is 3.35. The van der Waals surface area contributed by atoms with E-state index in [4.69, 9.17) is 5.84 Å². The van der Waals surface area contributed by atoms with Crippen LogP contribution in [0.25, 0.3) is 0 Å². The van der Waals surface area contributed by atoms with Crippen LogP contribution in [0.2, 0.25) is 0 Å². The molecular formula is C19H28N2. The van der Waals surface area contributed by atoms with Gasteiger partial charge in [0.25, 0.3) is 0 Å². The third kappa shape index (κ3) is 2.43. The molecular weight excluding hydrogens is 256 g/mol. The van der Waals surface area contributed by atoms with Crippen molar-refractivity contribution in [2.24, 2.45) is 29.0 Å². The van der Waals surface area contributed by atoms with Gasteiger partial charge in [-0.1, -0.05) is 24.3 Å². The standard InChI is InChI=1S/C19H28N2/c1-13-4-2-3-5-17(13)18(21-20)12-19-9-14-6-15(10-19)8-16(7-14)11-19/h2-5,14-16,18,21H,6-12,20H2,1H3. The molecule has 1 atom stereocenters. The highest BCUT2D eigenvalue weighted by molar-refractivity contribution is 5.29. The molecule has 0 amide bonds. The number of aryl methyl sites for hydroxylation is 1. The molecule has 3 N–H and O–H groups in total. The van der Waals surface area contributed by atoms with E-state index in [1.165, 1.54) is 56.1 Å². The number of benzene rings is 1. The first kappa shape index (κ1) is 13.8. The Hall–Kier alpha value is -0.860. The smallest absolute Gasteiger partial charge is 0.0467 e. The predicted molar refractivity (Wildman–Crippen MR) is 86.5 cm³/mol. The van der Waals surface area contributed by atoms with Crippen LogP contribution in [-0.4, -0.2) is 0 Å².